The molecule has 2 aromatic rings. The number of aryl methyl sites for hydroxylation is 1. The minimum Gasteiger partial charge on any atom is -0.294 e. The Morgan fingerprint density at radius 2 is 1.52 bits per heavy atom. The first-order chi connectivity index (χ1) is 10.1. The Labute approximate surface area is 123 Å². The van der Waals surface area contributed by atoms with Crippen molar-refractivity contribution in [1.82, 2.24) is 0 Å². The summed E-state index contributed by atoms with van der Waals surface area (Å²) >= 11 is 0. The molecule has 21 heavy (non-hydrogen) atoms. The van der Waals surface area contributed by atoms with E-state index in [0.717, 1.165) is 27.8 Å². The van der Waals surface area contributed by atoms with Gasteiger partial charge in [0.05, 0.1) is 0 Å². The molecule has 2 atom stereocenters. The first-order valence-electron chi connectivity index (χ1n) is 7.41. The summed E-state index contributed by atoms with van der Waals surface area (Å²) in [7, 11) is 0. The number of carbonyl (C=O) groups excluding carboxylic acids is 2. The molecular weight excluding hydrogens is 260 g/mol. The molecule has 0 bridgehead atoms. The SMILES string of the molecule is Cc1ccc2c(c1)C(=O)CC1CC(=O)c3ccccc3C21. The van der Waals surface area contributed by atoms with E-state index in [4.69, 9.17) is 0 Å². The standard InChI is InChI=1S/C19H16O2/c1-11-6-7-15-16(8-11)18(21)10-12-9-17(20)13-4-2-3-5-14(13)19(12)15/h2-8,12,19H,9-10H2,1H3. The summed E-state index contributed by atoms with van der Waals surface area (Å²) in [5.41, 5.74) is 4.99. The van der Waals surface area contributed by atoms with Crippen molar-refractivity contribution < 1.29 is 9.59 Å². The molecule has 0 N–H and O–H groups in total. The van der Waals surface area contributed by atoms with E-state index in [-0.39, 0.29) is 23.4 Å². The maximum Gasteiger partial charge on any atom is 0.163 e. The van der Waals surface area contributed by atoms with Crippen molar-refractivity contribution in [2.75, 3.05) is 0 Å². The van der Waals surface area contributed by atoms with E-state index in [1.807, 2.05) is 37.3 Å². The molecule has 4 rings (SSSR count). The van der Waals surface area contributed by atoms with Crippen LogP contribution < -0.4 is 0 Å². The first kappa shape index (κ1) is 12.5. The molecule has 0 saturated carbocycles. The van der Waals surface area contributed by atoms with E-state index < -0.39 is 0 Å². The Kier molecular flexibility index (Phi) is 2.61. The summed E-state index contributed by atoms with van der Waals surface area (Å²) < 4.78 is 0. The van der Waals surface area contributed by atoms with E-state index >= 15 is 0 Å². The topological polar surface area (TPSA) is 34.1 Å². The van der Waals surface area contributed by atoms with Crippen LogP contribution >= 0.6 is 0 Å². The third kappa shape index (κ3) is 1.79. The summed E-state index contributed by atoms with van der Waals surface area (Å²) in [5.74, 6) is 0.666. The van der Waals surface area contributed by atoms with E-state index in [1.165, 1.54) is 0 Å². The summed E-state index contributed by atoms with van der Waals surface area (Å²) in [4.78, 5) is 24.7. The Balaban J connectivity index is 1.97. The van der Waals surface area contributed by atoms with Gasteiger partial charge in [0, 0.05) is 29.9 Å². The van der Waals surface area contributed by atoms with E-state index in [1.54, 1.807) is 0 Å². The zero-order valence-corrected chi connectivity index (χ0v) is 11.9. The zero-order valence-electron chi connectivity index (χ0n) is 11.9. The van der Waals surface area contributed by atoms with Crippen molar-refractivity contribution in [3.63, 3.8) is 0 Å². The van der Waals surface area contributed by atoms with Gasteiger partial charge in [0.25, 0.3) is 0 Å². The summed E-state index contributed by atoms with van der Waals surface area (Å²) in [5, 5.41) is 0. The van der Waals surface area contributed by atoms with Gasteiger partial charge in [0.15, 0.2) is 11.6 Å². The predicted octanol–water partition coefficient (Wildman–Crippen LogP) is 3.92. The highest BCUT2D eigenvalue weighted by atomic mass is 16.1. The minimum absolute atomic E-state index is 0.120. The number of hydrogen-bond acceptors (Lipinski definition) is 2. The van der Waals surface area contributed by atoms with Gasteiger partial charge in [0.1, 0.15) is 0 Å². The lowest BCUT2D eigenvalue weighted by Gasteiger charge is -2.37. The van der Waals surface area contributed by atoms with Crippen LogP contribution in [-0.4, -0.2) is 11.6 Å². The Morgan fingerprint density at radius 3 is 2.33 bits per heavy atom. The fourth-order valence-corrected chi connectivity index (χ4v) is 3.88. The van der Waals surface area contributed by atoms with Gasteiger partial charge >= 0.3 is 0 Å². The lowest BCUT2D eigenvalue weighted by Crippen LogP contribution is -2.32. The number of fused-ring (bicyclic) bond motifs is 5. The number of ketones is 2. The average molecular weight is 276 g/mol. The second-order valence-electron chi connectivity index (χ2n) is 6.17. The molecule has 0 saturated heterocycles. The Hall–Kier alpha value is -2.22. The van der Waals surface area contributed by atoms with Gasteiger partial charge in [-0.15, -0.1) is 0 Å². The van der Waals surface area contributed by atoms with Crippen LogP contribution in [0.4, 0.5) is 0 Å². The highest BCUT2D eigenvalue weighted by Crippen LogP contribution is 2.47. The number of carbonyl (C=O) groups is 2. The van der Waals surface area contributed by atoms with Crippen LogP contribution in [0, 0.1) is 12.8 Å². The van der Waals surface area contributed by atoms with Crippen LogP contribution in [0.25, 0.3) is 0 Å². The fraction of sp³-hybridized carbons (Fsp3) is 0.263. The second-order valence-corrected chi connectivity index (χ2v) is 6.17. The smallest absolute Gasteiger partial charge is 0.163 e. The molecule has 2 nitrogen and oxygen atoms in total. The van der Waals surface area contributed by atoms with Crippen molar-refractivity contribution in [3.8, 4) is 0 Å². The molecule has 0 aromatic heterocycles. The predicted molar refractivity (Wildman–Crippen MR) is 80.8 cm³/mol. The first-order valence-corrected chi connectivity index (χ1v) is 7.41. The lowest BCUT2D eigenvalue weighted by molar-refractivity contribution is 0.0884. The Morgan fingerprint density at radius 1 is 0.857 bits per heavy atom. The van der Waals surface area contributed by atoms with Crippen LogP contribution in [0.3, 0.4) is 0 Å². The summed E-state index contributed by atoms with van der Waals surface area (Å²) in [6.07, 6.45) is 0.974. The molecule has 2 aromatic carbocycles. The van der Waals surface area contributed by atoms with Gasteiger partial charge in [-0.05, 0) is 30.0 Å². The molecule has 0 aliphatic heterocycles. The van der Waals surface area contributed by atoms with E-state index in [2.05, 4.69) is 12.1 Å². The van der Waals surface area contributed by atoms with Gasteiger partial charge < -0.3 is 0 Å². The van der Waals surface area contributed by atoms with E-state index in [9.17, 15) is 9.59 Å². The maximum absolute atomic E-state index is 12.4. The number of benzene rings is 2. The molecule has 2 aliphatic rings. The van der Waals surface area contributed by atoms with Gasteiger partial charge in [-0.25, -0.2) is 0 Å². The highest BCUT2D eigenvalue weighted by Gasteiger charge is 2.40. The largest absolute Gasteiger partial charge is 0.294 e. The number of Topliss-reactive ketones (excluding diaryl/α,β-unsaturated/α-hetero) is 2. The van der Waals surface area contributed by atoms with Crippen molar-refractivity contribution >= 4 is 11.6 Å². The fourth-order valence-electron chi connectivity index (χ4n) is 3.88. The van der Waals surface area contributed by atoms with Crippen molar-refractivity contribution in [1.29, 1.82) is 0 Å². The molecule has 2 aliphatic carbocycles. The number of hydrogen-bond donors (Lipinski definition) is 0. The van der Waals surface area contributed by atoms with Gasteiger partial charge in [-0.1, -0.05) is 42.0 Å². The third-order valence-electron chi connectivity index (χ3n) is 4.81. The lowest BCUT2D eigenvalue weighted by atomic mass is 9.65. The normalized spacial score (nSPS) is 23.3. The van der Waals surface area contributed by atoms with Gasteiger partial charge in [-0.3, -0.25) is 9.59 Å². The molecule has 0 heterocycles. The molecular formula is C19H16O2. The van der Waals surface area contributed by atoms with Crippen molar-refractivity contribution in [2.45, 2.75) is 25.7 Å². The Bertz CT molecular complexity index is 773. The monoisotopic (exact) mass is 276 g/mol. The molecule has 0 radical (unpaired) electrons. The molecule has 0 spiro atoms. The quantitative estimate of drug-likeness (QED) is 0.731. The van der Waals surface area contributed by atoms with Crippen molar-refractivity contribution in [3.05, 3.63) is 70.3 Å². The average Bonchev–Trinajstić information content (AvgIpc) is 2.48. The molecule has 0 amide bonds. The van der Waals surface area contributed by atoms with Crippen LogP contribution in [0.5, 0.6) is 0 Å². The number of rotatable bonds is 0. The van der Waals surface area contributed by atoms with Gasteiger partial charge in [-0.2, -0.15) is 0 Å². The van der Waals surface area contributed by atoms with Crippen LogP contribution in [0.1, 0.15) is 56.2 Å². The molecule has 104 valence electrons. The van der Waals surface area contributed by atoms with Crippen LogP contribution in [0.2, 0.25) is 0 Å². The summed E-state index contributed by atoms with van der Waals surface area (Å²) in [6.45, 7) is 2.01. The van der Waals surface area contributed by atoms with Gasteiger partial charge in [0.2, 0.25) is 0 Å². The third-order valence-corrected chi connectivity index (χ3v) is 4.81. The second kappa shape index (κ2) is 4.39. The highest BCUT2D eigenvalue weighted by molar-refractivity contribution is 6.04. The summed E-state index contributed by atoms with van der Waals surface area (Å²) in [6, 6.07) is 14.0. The maximum atomic E-state index is 12.4. The van der Waals surface area contributed by atoms with Crippen LogP contribution in [-0.2, 0) is 0 Å². The van der Waals surface area contributed by atoms with Crippen LogP contribution in [0.15, 0.2) is 42.5 Å². The molecule has 2 unspecified atom stereocenters. The van der Waals surface area contributed by atoms with E-state index in [0.29, 0.717) is 12.8 Å². The molecule has 0 fully saturated rings. The zero-order chi connectivity index (χ0) is 14.6. The molecule has 2 heteroatoms. The van der Waals surface area contributed by atoms with Crippen molar-refractivity contribution in [2.24, 2.45) is 5.92 Å². The minimum atomic E-state index is 0.120.